The van der Waals surface area contributed by atoms with Crippen LogP contribution in [0.2, 0.25) is 0 Å². The van der Waals surface area contributed by atoms with Gasteiger partial charge in [0.1, 0.15) is 0 Å². The van der Waals surface area contributed by atoms with Crippen LogP contribution in [0.15, 0.2) is 158 Å². The van der Waals surface area contributed by atoms with Gasteiger partial charge in [-0.15, -0.1) is 0 Å². The summed E-state index contributed by atoms with van der Waals surface area (Å²) in [5, 5.41) is 0. The van der Waals surface area contributed by atoms with Crippen LogP contribution in [0.1, 0.15) is 43.5 Å². The molecule has 0 saturated carbocycles. The van der Waals surface area contributed by atoms with Gasteiger partial charge in [0.2, 0.25) is 0 Å². The number of H-pyrrole nitrogens is 2. The molecule has 0 unspecified atom stereocenters. The highest BCUT2D eigenvalue weighted by Crippen LogP contribution is 2.43. The Bertz CT molecular complexity index is 3330. The Hall–Kier alpha value is -8.16. The number of fused-ring (bicyclic) bond motifs is 9. The van der Waals surface area contributed by atoms with Gasteiger partial charge in [-0.2, -0.15) is 0 Å². The van der Waals surface area contributed by atoms with Gasteiger partial charge >= 0.3 is 0 Å². The lowest BCUT2D eigenvalue weighted by Crippen LogP contribution is -2.09. The molecule has 7 nitrogen and oxygen atoms in total. The maximum absolute atomic E-state index is 13.8. The monoisotopic (exact) mass is 773 g/mol. The fraction of sp³-hybridized carbons (Fsp3) is 0.0189. The molecular weight excluding hydrogens is 739 g/mol. The van der Waals surface area contributed by atoms with E-state index in [0.717, 1.165) is 94.9 Å². The van der Waals surface area contributed by atoms with Gasteiger partial charge in [-0.25, -0.2) is 9.97 Å². The van der Waals surface area contributed by atoms with Crippen molar-refractivity contribution < 1.29 is 9.59 Å². The Morgan fingerprint density at radius 2 is 0.833 bits per heavy atom. The zero-order valence-electron chi connectivity index (χ0n) is 32.5. The van der Waals surface area contributed by atoms with E-state index in [-0.39, 0.29) is 11.6 Å². The van der Waals surface area contributed by atoms with Gasteiger partial charge < -0.3 is 14.5 Å². The predicted octanol–water partition coefficient (Wildman–Crippen LogP) is 12.3. The van der Waals surface area contributed by atoms with Crippen LogP contribution in [0.25, 0.3) is 102 Å². The molecule has 60 heavy (non-hydrogen) atoms. The number of rotatable bonds is 5. The first-order valence-corrected chi connectivity index (χ1v) is 19.9. The van der Waals surface area contributed by atoms with Crippen molar-refractivity contribution in [2.24, 2.45) is 7.05 Å². The molecule has 8 bridgehead atoms. The number of aromatic amines is 2. The van der Waals surface area contributed by atoms with E-state index in [1.807, 2.05) is 84.4 Å². The summed E-state index contributed by atoms with van der Waals surface area (Å²) < 4.78 is 1.89. The number of hydrogen-bond acceptors (Lipinski definition) is 4. The smallest absolute Gasteiger partial charge is 0.188 e. The lowest BCUT2D eigenvalue weighted by atomic mass is 9.93. The molecule has 2 aliphatic heterocycles. The van der Waals surface area contributed by atoms with Gasteiger partial charge in [0.15, 0.2) is 11.6 Å². The average Bonchev–Trinajstić information content (AvgIpc) is 4.15. The third-order valence-corrected chi connectivity index (χ3v) is 11.5. The minimum Gasteiger partial charge on any atom is -0.354 e. The molecule has 11 rings (SSSR count). The third-order valence-electron chi connectivity index (χ3n) is 11.5. The Kier molecular flexibility index (Phi) is 8.20. The molecule has 3 aliphatic rings. The predicted molar refractivity (Wildman–Crippen MR) is 243 cm³/mol. The summed E-state index contributed by atoms with van der Waals surface area (Å²) in [6, 6.07) is 47.5. The summed E-state index contributed by atoms with van der Waals surface area (Å²) in [5.74, 6) is -0.413. The van der Waals surface area contributed by atoms with Gasteiger partial charge in [-0.3, -0.25) is 9.59 Å². The van der Waals surface area contributed by atoms with Crippen molar-refractivity contribution in [3.8, 4) is 55.8 Å². The Morgan fingerprint density at radius 1 is 0.417 bits per heavy atom. The fourth-order valence-corrected chi connectivity index (χ4v) is 8.82. The SMILES string of the molecule is Cn1cc2c(c1-c1cc3[nH]c1c(-c1ccccc1)c1nc(c(-c4ccccc4)c4ccc([nH]4)c(-c4ccccc4)c4nc(c3-c3ccccc3)C=C4)C=C1)C(=O)C=CC2=O. The van der Waals surface area contributed by atoms with Crippen LogP contribution in [-0.4, -0.2) is 36.1 Å². The maximum Gasteiger partial charge on any atom is 0.188 e. The van der Waals surface area contributed by atoms with Gasteiger partial charge in [-0.05, 0) is 76.9 Å². The van der Waals surface area contributed by atoms with E-state index < -0.39 is 0 Å². The van der Waals surface area contributed by atoms with Gasteiger partial charge in [0.25, 0.3) is 0 Å². The molecule has 0 amide bonds. The standard InChI is InChI=1S/C53H35N5O2/c1-58-31-37-45(59)28-29-46(60)51(37)53(58)36-30-44-49(34-18-10-4-11-19-34)42-25-24-40(55-42)47(32-14-6-2-7-15-32)38-22-23-39(54-38)48(33-16-8-3-9-17-33)41-26-27-43(56-41)50(52(36)57-44)35-20-12-5-13-21-35/h2-31,54,57H,1H3. The van der Waals surface area contributed by atoms with Gasteiger partial charge in [0, 0.05) is 57.6 Å². The summed E-state index contributed by atoms with van der Waals surface area (Å²) in [6.07, 6.45) is 12.8. The van der Waals surface area contributed by atoms with Crippen LogP contribution in [0.5, 0.6) is 0 Å². The van der Waals surface area contributed by atoms with E-state index in [0.29, 0.717) is 16.8 Å². The van der Waals surface area contributed by atoms with Crippen LogP contribution in [-0.2, 0) is 7.05 Å². The van der Waals surface area contributed by atoms with Crippen LogP contribution < -0.4 is 0 Å². The lowest BCUT2D eigenvalue weighted by Gasteiger charge is -2.10. The van der Waals surface area contributed by atoms with E-state index >= 15 is 0 Å². The van der Waals surface area contributed by atoms with E-state index in [9.17, 15) is 9.59 Å². The first kappa shape index (κ1) is 35.0. The maximum atomic E-state index is 13.8. The molecule has 1 aliphatic carbocycles. The zero-order valence-corrected chi connectivity index (χ0v) is 32.5. The Labute approximate surface area is 345 Å². The second-order valence-corrected chi connectivity index (χ2v) is 15.1. The van der Waals surface area contributed by atoms with E-state index in [4.69, 9.17) is 9.97 Å². The van der Waals surface area contributed by atoms with Crippen molar-refractivity contribution in [2.45, 2.75) is 0 Å². The van der Waals surface area contributed by atoms with Crippen molar-refractivity contribution in [1.82, 2.24) is 24.5 Å². The van der Waals surface area contributed by atoms with Crippen LogP contribution in [0, 0.1) is 0 Å². The highest BCUT2D eigenvalue weighted by Gasteiger charge is 2.29. The molecule has 8 aromatic rings. The van der Waals surface area contributed by atoms with E-state index in [1.54, 1.807) is 6.20 Å². The number of hydrogen-bond donors (Lipinski definition) is 2. The van der Waals surface area contributed by atoms with Crippen LogP contribution in [0.4, 0.5) is 0 Å². The largest absolute Gasteiger partial charge is 0.354 e. The van der Waals surface area contributed by atoms with Crippen LogP contribution >= 0.6 is 0 Å². The summed E-state index contributed by atoms with van der Waals surface area (Å²) in [6.45, 7) is 0. The number of nitrogens with one attached hydrogen (secondary N) is 2. The summed E-state index contributed by atoms with van der Waals surface area (Å²) in [4.78, 5) is 45.7. The quantitative estimate of drug-likeness (QED) is 0.182. The lowest BCUT2D eigenvalue weighted by molar-refractivity contribution is 0.0995. The topological polar surface area (TPSA) is 96.4 Å². The van der Waals surface area contributed by atoms with Crippen molar-refractivity contribution >= 4 is 57.9 Å². The number of nitrogens with zero attached hydrogens (tertiary/aromatic N) is 3. The molecule has 4 aromatic heterocycles. The first-order chi connectivity index (χ1) is 29.5. The minimum absolute atomic E-state index is 0.198. The normalized spacial score (nSPS) is 12.9. The first-order valence-electron chi connectivity index (χ1n) is 19.9. The van der Waals surface area contributed by atoms with Gasteiger partial charge in [-0.1, -0.05) is 121 Å². The molecule has 0 atom stereocenters. The summed E-state index contributed by atoms with van der Waals surface area (Å²) in [5.41, 5.74) is 16.3. The van der Waals surface area contributed by atoms with Crippen molar-refractivity contribution in [3.63, 3.8) is 0 Å². The molecule has 7 heteroatoms. The number of allylic oxidation sites excluding steroid dienone is 2. The van der Waals surface area contributed by atoms with Crippen LogP contribution in [0.3, 0.4) is 0 Å². The second kappa shape index (κ2) is 14.0. The van der Waals surface area contributed by atoms with E-state index in [1.165, 1.54) is 12.2 Å². The molecule has 0 spiro atoms. The summed E-state index contributed by atoms with van der Waals surface area (Å²) >= 11 is 0. The average molecular weight is 774 g/mol. The number of ketones is 2. The Morgan fingerprint density at radius 3 is 1.32 bits per heavy atom. The molecular formula is C53H35N5O2. The van der Waals surface area contributed by atoms with Crippen molar-refractivity contribution in [3.05, 3.63) is 192 Å². The van der Waals surface area contributed by atoms with E-state index in [2.05, 4.69) is 101 Å². The molecule has 0 radical (unpaired) electrons. The molecule has 0 fully saturated rings. The number of carbonyl (C=O) groups is 2. The number of aromatic nitrogens is 5. The Balaban J connectivity index is 1.38. The highest BCUT2D eigenvalue weighted by molar-refractivity contribution is 6.25. The highest BCUT2D eigenvalue weighted by atomic mass is 16.1. The summed E-state index contributed by atoms with van der Waals surface area (Å²) in [7, 11) is 1.89. The molecule has 4 aromatic carbocycles. The van der Waals surface area contributed by atoms with Gasteiger partial charge in [0.05, 0.1) is 45.1 Å². The molecule has 284 valence electrons. The number of carbonyl (C=O) groups excluding carboxylic acids is 2. The molecule has 2 N–H and O–H groups in total. The molecule has 0 saturated heterocycles. The second-order valence-electron chi connectivity index (χ2n) is 15.1. The van der Waals surface area contributed by atoms with Crippen molar-refractivity contribution in [1.29, 1.82) is 0 Å². The number of aryl methyl sites for hydroxylation is 1. The molecule has 6 heterocycles. The zero-order chi connectivity index (χ0) is 40.3. The fourth-order valence-electron chi connectivity index (χ4n) is 8.82. The minimum atomic E-state index is -0.215. The van der Waals surface area contributed by atoms with Crippen molar-refractivity contribution in [2.75, 3.05) is 0 Å². The number of benzene rings is 4. The third kappa shape index (κ3) is 5.75.